The summed E-state index contributed by atoms with van der Waals surface area (Å²) in [6, 6.07) is 11.6. The van der Waals surface area contributed by atoms with Crippen LogP contribution < -0.4 is 5.32 Å². The first-order chi connectivity index (χ1) is 14.0. The number of benzene rings is 2. The Hall–Kier alpha value is -2.59. The number of sulfonamides is 1. The van der Waals surface area contributed by atoms with E-state index in [9.17, 15) is 21.6 Å². The number of guanidine groups is 1. The van der Waals surface area contributed by atoms with Crippen molar-refractivity contribution in [1.29, 1.82) is 0 Å². The summed E-state index contributed by atoms with van der Waals surface area (Å²) >= 11 is 0. The highest BCUT2D eigenvalue weighted by Gasteiger charge is 2.30. The SMILES string of the molecule is CN=C(NCc1ccccc1S(=O)(=O)N(C)C)N(C)Cc1ccc(C(F)(F)F)cc1. The van der Waals surface area contributed by atoms with E-state index in [1.165, 1.54) is 26.2 Å². The Morgan fingerprint density at radius 3 is 2.17 bits per heavy atom. The van der Waals surface area contributed by atoms with E-state index in [2.05, 4.69) is 10.3 Å². The summed E-state index contributed by atoms with van der Waals surface area (Å²) in [4.78, 5) is 6.11. The second kappa shape index (κ2) is 9.48. The fraction of sp³-hybridized carbons (Fsp3) is 0.350. The van der Waals surface area contributed by atoms with Gasteiger partial charge in [-0.3, -0.25) is 4.99 Å². The number of alkyl halides is 3. The van der Waals surface area contributed by atoms with Gasteiger partial charge in [0, 0.05) is 41.3 Å². The molecule has 2 aromatic carbocycles. The Bertz CT molecular complexity index is 988. The predicted molar refractivity (Wildman–Crippen MR) is 110 cm³/mol. The maximum absolute atomic E-state index is 12.7. The summed E-state index contributed by atoms with van der Waals surface area (Å²) in [6.45, 7) is 0.544. The van der Waals surface area contributed by atoms with E-state index in [-0.39, 0.29) is 11.4 Å². The quantitative estimate of drug-likeness (QED) is 0.551. The molecule has 0 aliphatic rings. The number of nitrogens with zero attached hydrogens (tertiary/aromatic N) is 3. The zero-order chi connectivity index (χ0) is 22.5. The van der Waals surface area contributed by atoms with Crippen LogP contribution in [0.2, 0.25) is 0 Å². The molecule has 0 saturated carbocycles. The normalized spacial score (nSPS) is 12.9. The summed E-state index contributed by atoms with van der Waals surface area (Å²) < 4.78 is 64.3. The van der Waals surface area contributed by atoms with Crippen LogP contribution in [0.4, 0.5) is 13.2 Å². The first-order valence-corrected chi connectivity index (χ1v) is 10.5. The molecule has 1 N–H and O–H groups in total. The van der Waals surface area contributed by atoms with Crippen LogP contribution in [0.5, 0.6) is 0 Å². The summed E-state index contributed by atoms with van der Waals surface area (Å²) in [5.41, 5.74) is 0.564. The van der Waals surface area contributed by atoms with Gasteiger partial charge in [0.15, 0.2) is 5.96 Å². The summed E-state index contributed by atoms with van der Waals surface area (Å²) in [7, 11) is 2.66. The van der Waals surface area contributed by atoms with Crippen LogP contribution >= 0.6 is 0 Å². The minimum Gasteiger partial charge on any atom is -0.352 e. The second-order valence-corrected chi connectivity index (χ2v) is 8.97. The third-order valence-corrected chi connectivity index (χ3v) is 6.36. The Kier molecular flexibility index (Phi) is 7.49. The molecule has 6 nitrogen and oxygen atoms in total. The van der Waals surface area contributed by atoms with Gasteiger partial charge in [-0.05, 0) is 29.3 Å². The lowest BCUT2D eigenvalue weighted by Crippen LogP contribution is -2.38. The first kappa shape index (κ1) is 23.7. The summed E-state index contributed by atoms with van der Waals surface area (Å²) in [5, 5.41) is 3.11. The van der Waals surface area contributed by atoms with E-state index in [0.29, 0.717) is 23.6 Å². The molecule has 30 heavy (non-hydrogen) atoms. The van der Waals surface area contributed by atoms with Crippen molar-refractivity contribution in [3.05, 3.63) is 65.2 Å². The van der Waals surface area contributed by atoms with Gasteiger partial charge in [0.2, 0.25) is 10.0 Å². The molecule has 0 amide bonds. The largest absolute Gasteiger partial charge is 0.416 e. The zero-order valence-corrected chi connectivity index (χ0v) is 18.0. The fourth-order valence-corrected chi connectivity index (χ4v) is 3.92. The van der Waals surface area contributed by atoms with Crippen LogP contribution in [0.25, 0.3) is 0 Å². The van der Waals surface area contributed by atoms with Gasteiger partial charge in [-0.25, -0.2) is 12.7 Å². The number of aliphatic imine (C=N–C) groups is 1. The molecule has 0 fully saturated rings. The van der Waals surface area contributed by atoms with Crippen molar-refractivity contribution < 1.29 is 21.6 Å². The Morgan fingerprint density at radius 2 is 1.63 bits per heavy atom. The van der Waals surface area contributed by atoms with Gasteiger partial charge in [-0.2, -0.15) is 13.2 Å². The molecule has 0 aliphatic heterocycles. The minimum atomic E-state index is -4.37. The van der Waals surface area contributed by atoms with E-state index < -0.39 is 21.8 Å². The van der Waals surface area contributed by atoms with Crippen molar-refractivity contribution in [2.75, 3.05) is 28.2 Å². The molecule has 164 valence electrons. The monoisotopic (exact) mass is 442 g/mol. The number of rotatable bonds is 6. The molecule has 0 radical (unpaired) electrons. The van der Waals surface area contributed by atoms with E-state index >= 15 is 0 Å². The van der Waals surface area contributed by atoms with Gasteiger partial charge >= 0.3 is 6.18 Å². The van der Waals surface area contributed by atoms with Crippen LogP contribution in [0.3, 0.4) is 0 Å². The average Bonchev–Trinajstić information content (AvgIpc) is 2.68. The molecule has 0 atom stereocenters. The number of hydrogen-bond donors (Lipinski definition) is 1. The minimum absolute atomic E-state index is 0.198. The van der Waals surface area contributed by atoms with Gasteiger partial charge in [-0.1, -0.05) is 30.3 Å². The fourth-order valence-electron chi connectivity index (χ4n) is 2.81. The van der Waals surface area contributed by atoms with E-state index in [4.69, 9.17) is 0 Å². The van der Waals surface area contributed by atoms with Crippen molar-refractivity contribution in [3.8, 4) is 0 Å². The van der Waals surface area contributed by atoms with Crippen LogP contribution in [-0.2, 0) is 29.3 Å². The van der Waals surface area contributed by atoms with Gasteiger partial charge in [0.05, 0.1) is 10.5 Å². The first-order valence-electron chi connectivity index (χ1n) is 9.05. The van der Waals surface area contributed by atoms with Crippen LogP contribution in [-0.4, -0.2) is 51.8 Å². The standard InChI is InChI=1S/C20H25F3N4O2S/c1-24-19(27(4)14-15-9-11-17(12-10-15)20(21,22)23)25-13-16-7-5-6-8-18(16)30(28,29)26(2)3/h5-12H,13-14H2,1-4H3,(H,24,25). The van der Waals surface area contributed by atoms with Crippen molar-refractivity contribution in [1.82, 2.24) is 14.5 Å². The molecule has 0 spiro atoms. The van der Waals surface area contributed by atoms with E-state index in [1.54, 1.807) is 43.3 Å². The lowest BCUT2D eigenvalue weighted by atomic mass is 10.1. The Balaban J connectivity index is 2.10. The summed E-state index contributed by atoms with van der Waals surface area (Å²) in [5.74, 6) is 0.479. The molecule has 0 unspecified atom stereocenters. The highest BCUT2D eigenvalue weighted by Crippen LogP contribution is 2.29. The lowest BCUT2D eigenvalue weighted by Gasteiger charge is -2.23. The van der Waals surface area contributed by atoms with Gasteiger partial charge in [0.25, 0.3) is 0 Å². The molecule has 0 bridgehead atoms. The second-order valence-electron chi connectivity index (χ2n) is 6.85. The highest BCUT2D eigenvalue weighted by atomic mass is 32.2. The Morgan fingerprint density at radius 1 is 1.03 bits per heavy atom. The van der Waals surface area contributed by atoms with Gasteiger partial charge in [0.1, 0.15) is 0 Å². The van der Waals surface area contributed by atoms with Crippen LogP contribution in [0.15, 0.2) is 58.4 Å². The van der Waals surface area contributed by atoms with Crippen LogP contribution in [0, 0.1) is 0 Å². The number of hydrogen-bond acceptors (Lipinski definition) is 3. The third-order valence-electron chi connectivity index (χ3n) is 4.44. The molecule has 10 heteroatoms. The van der Waals surface area contributed by atoms with Crippen molar-refractivity contribution in [3.63, 3.8) is 0 Å². The van der Waals surface area contributed by atoms with Crippen molar-refractivity contribution in [2.24, 2.45) is 4.99 Å². The molecular formula is C20H25F3N4O2S. The lowest BCUT2D eigenvalue weighted by molar-refractivity contribution is -0.137. The smallest absolute Gasteiger partial charge is 0.352 e. The number of halogens is 3. The molecule has 2 aromatic rings. The van der Waals surface area contributed by atoms with Crippen molar-refractivity contribution in [2.45, 2.75) is 24.2 Å². The topological polar surface area (TPSA) is 65.0 Å². The van der Waals surface area contributed by atoms with Crippen molar-refractivity contribution >= 4 is 16.0 Å². The zero-order valence-electron chi connectivity index (χ0n) is 17.2. The number of nitrogens with one attached hydrogen (secondary N) is 1. The molecule has 0 saturated heterocycles. The van der Waals surface area contributed by atoms with E-state index in [1.807, 2.05) is 0 Å². The average molecular weight is 443 g/mol. The molecular weight excluding hydrogens is 417 g/mol. The van der Waals surface area contributed by atoms with Crippen LogP contribution in [0.1, 0.15) is 16.7 Å². The van der Waals surface area contributed by atoms with Gasteiger partial charge in [-0.15, -0.1) is 0 Å². The predicted octanol–water partition coefficient (Wildman–Crippen LogP) is 3.16. The van der Waals surface area contributed by atoms with Gasteiger partial charge < -0.3 is 10.2 Å². The maximum Gasteiger partial charge on any atom is 0.416 e. The third kappa shape index (κ3) is 5.73. The molecule has 0 heterocycles. The molecule has 2 rings (SSSR count). The molecule has 0 aromatic heterocycles. The maximum atomic E-state index is 12.7. The summed E-state index contributed by atoms with van der Waals surface area (Å²) in [6.07, 6.45) is -4.37. The molecule has 0 aliphatic carbocycles. The van der Waals surface area contributed by atoms with E-state index in [0.717, 1.165) is 16.4 Å². The Labute approximate surface area is 175 Å². The highest BCUT2D eigenvalue weighted by molar-refractivity contribution is 7.89.